The van der Waals surface area contributed by atoms with Gasteiger partial charge in [-0.1, -0.05) is 48.5 Å². The molecule has 3 aromatic carbocycles. The lowest BCUT2D eigenvalue weighted by molar-refractivity contribution is -0.136. The minimum absolute atomic E-state index is 0.0641. The second-order valence-corrected chi connectivity index (χ2v) is 7.97. The lowest BCUT2D eigenvalue weighted by Crippen LogP contribution is -2.20. The Morgan fingerprint density at radius 1 is 0.971 bits per heavy atom. The standard InChI is InChI=1S/C25H16F3N3O2S/c1-33-20-9-5-4-8-19(20)31-22-21(23(32)30-24(31)34)17(25(26,27)28)13-18(29-22)16-11-10-14-6-2-3-7-15(14)12-16/h2-13H,1H3,(H,30,32,34). The SMILES string of the molecule is COc1ccccc1-n1c(=S)[nH]c(=O)c2c(C(F)(F)F)cc(-c3ccc4ccccc4c3)nc21. The number of nitrogens with zero attached hydrogens (tertiary/aromatic N) is 2. The molecule has 0 unspecified atom stereocenters. The number of H-pyrrole nitrogens is 1. The van der Waals surface area contributed by atoms with Gasteiger partial charge in [0.05, 0.1) is 29.4 Å². The van der Waals surface area contributed by atoms with E-state index in [1.807, 2.05) is 30.3 Å². The van der Waals surface area contributed by atoms with Crippen molar-refractivity contribution in [1.82, 2.24) is 14.5 Å². The highest BCUT2D eigenvalue weighted by Crippen LogP contribution is 2.37. The van der Waals surface area contributed by atoms with E-state index in [0.29, 0.717) is 17.0 Å². The highest BCUT2D eigenvalue weighted by atomic mass is 32.1. The second kappa shape index (κ2) is 8.11. The molecular weight excluding hydrogens is 463 g/mol. The third-order valence-electron chi connectivity index (χ3n) is 5.54. The van der Waals surface area contributed by atoms with E-state index in [4.69, 9.17) is 17.0 Å². The number of methoxy groups -OCH3 is 1. The molecule has 0 saturated heterocycles. The molecule has 5 aromatic rings. The molecule has 2 aromatic heterocycles. The average Bonchev–Trinajstić information content (AvgIpc) is 2.82. The summed E-state index contributed by atoms with van der Waals surface area (Å²) in [6.45, 7) is 0. The molecule has 2 heterocycles. The van der Waals surface area contributed by atoms with Gasteiger partial charge in [-0.2, -0.15) is 13.2 Å². The van der Waals surface area contributed by atoms with Gasteiger partial charge in [0.2, 0.25) is 0 Å². The van der Waals surface area contributed by atoms with Crippen LogP contribution in [0.1, 0.15) is 5.56 Å². The van der Waals surface area contributed by atoms with Crippen LogP contribution in [0.4, 0.5) is 13.2 Å². The smallest absolute Gasteiger partial charge is 0.417 e. The maximum Gasteiger partial charge on any atom is 0.417 e. The number of rotatable bonds is 3. The van der Waals surface area contributed by atoms with Crippen LogP contribution >= 0.6 is 12.2 Å². The second-order valence-electron chi connectivity index (χ2n) is 7.58. The van der Waals surface area contributed by atoms with Crippen LogP contribution in [-0.4, -0.2) is 21.6 Å². The molecule has 0 amide bonds. The molecule has 0 saturated carbocycles. The number of pyridine rings is 1. The summed E-state index contributed by atoms with van der Waals surface area (Å²) >= 11 is 5.35. The van der Waals surface area contributed by atoms with Gasteiger partial charge in [0.1, 0.15) is 5.75 Å². The highest BCUT2D eigenvalue weighted by Gasteiger charge is 2.36. The Hall–Kier alpha value is -3.98. The molecule has 0 spiro atoms. The van der Waals surface area contributed by atoms with Crippen molar-refractivity contribution in [2.24, 2.45) is 0 Å². The van der Waals surface area contributed by atoms with E-state index >= 15 is 0 Å². The molecule has 0 radical (unpaired) electrons. The Bertz CT molecular complexity index is 1690. The molecular formula is C25H16F3N3O2S. The lowest BCUT2D eigenvalue weighted by Gasteiger charge is -2.17. The first-order valence-corrected chi connectivity index (χ1v) is 10.6. The number of nitrogens with one attached hydrogen (secondary N) is 1. The maximum atomic E-state index is 14.2. The Balaban J connectivity index is 1.93. The molecule has 34 heavy (non-hydrogen) atoms. The molecule has 5 nitrogen and oxygen atoms in total. The van der Waals surface area contributed by atoms with Gasteiger partial charge in [-0.3, -0.25) is 14.3 Å². The van der Waals surface area contributed by atoms with Crippen LogP contribution in [0.2, 0.25) is 0 Å². The van der Waals surface area contributed by atoms with Crippen LogP contribution < -0.4 is 10.3 Å². The van der Waals surface area contributed by atoms with Gasteiger partial charge in [-0.25, -0.2) is 4.98 Å². The third-order valence-corrected chi connectivity index (χ3v) is 5.82. The number of para-hydroxylation sites is 2. The summed E-state index contributed by atoms with van der Waals surface area (Å²) in [5.41, 5.74) is -1.38. The van der Waals surface area contributed by atoms with Crippen molar-refractivity contribution in [3.8, 4) is 22.7 Å². The first-order chi connectivity index (χ1) is 16.3. The van der Waals surface area contributed by atoms with Crippen LogP contribution in [0.5, 0.6) is 5.75 Å². The number of ether oxygens (including phenoxy) is 1. The normalized spacial score (nSPS) is 11.8. The Morgan fingerprint density at radius 2 is 1.68 bits per heavy atom. The summed E-state index contributed by atoms with van der Waals surface area (Å²) < 4.78 is 49.1. The van der Waals surface area contributed by atoms with E-state index in [9.17, 15) is 18.0 Å². The van der Waals surface area contributed by atoms with Gasteiger partial charge in [0.15, 0.2) is 10.4 Å². The average molecular weight is 479 g/mol. The van der Waals surface area contributed by atoms with E-state index in [0.717, 1.165) is 16.8 Å². The van der Waals surface area contributed by atoms with E-state index in [2.05, 4.69) is 9.97 Å². The first kappa shape index (κ1) is 21.8. The minimum atomic E-state index is -4.80. The van der Waals surface area contributed by atoms with Gasteiger partial charge < -0.3 is 4.74 Å². The topological polar surface area (TPSA) is 59.9 Å². The molecule has 0 aliphatic heterocycles. The van der Waals surface area contributed by atoms with Crippen molar-refractivity contribution in [1.29, 1.82) is 0 Å². The van der Waals surface area contributed by atoms with E-state index < -0.39 is 22.7 Å². The predicted octanol–water partition coefficient (Wildman–Crippen LogP) is 6.29. The quantitative estimate of drug-likeness (QED) is 0.309. The van der Waals surface area contributed by atoms with Crippen molar-refractivity contribution < 1.29 is 17.9 Å². The van der Waals surface area contributed by atoms with E-state index in [-0.39, 0.29) is 16.1 Å². The zero-order chi connectivity index (χ0) is 24.0. The molecule has 0 fully saturated rings. The van der Waals surface area contributed by atoms with Crippen LogP contribution in [0, 0.1) is 4.77 Å². The van der Waals surface area contributed by atoms with Gasteiger partial charge in [0.25, 0.3) is 5.56 Å². The van der Waals surface area contributed by atoms with Gasteiger partial charge >= 0.3 is 6.18 Å². The number of benzene rings is 3. The van der Waals surface area contributed by atoms with E-state index in [1.165, 1.54) is 11.7 Å². The highest BCUT2D eigenvalue weighted by molar-refractivity contribution is 7.71. The maximum absolute atomic E-state index is 14.2. The largest absolute Gasteiger partial charge is 0.495 e. The minimum Gasteiger partial charge on any atom is -0.495 e. The first-order valence-electron chi connectivity index (χ1n) is 10.2. The van der Waals surface area contributed by atoms with Crippen LogP contribution in [-0.2, 0) is 6.18 Å². The number of fused-ring (bicyclic) bond motifs is 2. The van der Waals surface area contributed by atoms with Gasteiger partial charge in [-0.05, 0) is 47.3 Å². The molecule has 0 aliphatic carbocycles. The number of aromatic amines is 1. The van der Waals surface area contributed by atoms with Crippen molar-refractivity contribution in [2.45, 2.75) is 6.18 Å². The summed E-state index contributed by atoms with van der Waals surface area (Å²) in [5.74, 6) is 0.360. The number of hydrogen-bond donors (Lipinski definition) is 1. The zero-order valence-electron chi connectivity index (χ0n) is 17.7. The predicted molar refractivity (Wildman–Crippen MR) is 127 cm³/mol. The lowest BCUT2D eigenvalue weighted by atomic mass is 10.0. The molecule has 0 atom stereocenters. The molecule has 0 aliphatic rings. The summed E-state index contributed by atoms with van der Waals surface area (Å²) in [4.78, 5) is 19.6. The summed E-state index contributed by atoms with van der Waals surface area (Å²) in [5, 5.41) is 1.19. The molecule has 9 heteroatoms. The number of halogens is 3. The van der Waals surface area contributed by atoms with Gasteiger partial charge in [-0.15, -0.1) is 0 Å². The zero-order valence-corrected chi connectivity index (χ0v) is 18.5. The molecule has 5 rings (SSSR count). The van der Waals surface area contributed by atoms with Crippen LogP contribution in [0.15, 0.2) is 77.6 Å². The number of alkyl halides is 3. The van der Waals surface area contributed by atoms with Crippen LogP contribution in [0.25, 0.3) is 38.8 Å². The number of hydrogen-bond acceptors (Lipinski definition) is 4. The van der Waals surface area contributed by atoms with Crippen LogP contribution in [0.3, 0.4) is 0 Å². The van der Waals surface area contributed by atoms with Crippen molar-refractivity contribution >= 4 is 34.0 Å². The Labute approximate surface area is 196 Å². The van der Waals surface area contributed by atoms with E-state index in [1.54, 1.807) is 36.4 Å². The summed E-state index contributed by atoms with van der Waals surface area (Å²) in [7, 11) is 1.44. The molecule has 0 bridgehead atoms. The van der Waals surface area contributed by atoms with Crippen molar-refractivity contribution in [2.75, 3.05) is 7.11 Å². The Kier molecular flexibility index (Phi) is 5.21. The third kappa shape index (κ3) is 3.63. The van der Waals surface area contributed by atoms with Crippen molar-refractivity contribution in [3.63, 3.8) is 0 Å². The fourth-order valence-electron chi connectivity index (χ4n) is 3.99. The fourth-order valence-corrected chi connectivity index (χ4v) is 4.26. The summed E-state index contributed by atoms with van der Waals surface area (Å²) in [6.07, 6.45) is -4.80. The fraction of sp³-hybridized carbons (Fsp3) is 0.0800. The summed E-state index contributed by atoms with van der Waals surface area (Å²) in [6, 6.07) is 20.4. The molecule has 170 valence electrons. The number of aromatic nitrogens is 3. The van der Waals surface area contributed by atoms with Gasteiger partial charge in [0, 0.05) is 5.56 Å². The Morgan fingerprint density at radius 3 is 2.41 bits per heavy atom. The van der Waals surface area contributed by atoms with Crippen molar-refractivity contribution in [3.05, 3.63) is 93.5 Å². The monoisotopic (exact) mass is 479 g/mol. The molecule has 1 N–H and O–H groups in total.